The summed E-state index contributed by atoms with van der Waals surface area (Å²) in [6.07, 6.45) is 2.18. The first-order valence-corrected chi connectivity index (χ1v) is 7.26. The Hall–Kier alpha value is -2.15. The maximum absolute atomic E-state index is 12.0. The fourth-order valence-corrected chi connectivity index (χ4v) is 1.77. The van der Waals surface area contributed by atoms with Crippen LogP contribution in [0.2, 0.25) is 0 Å². The highest BCUT2D eigenvalue weighted by Gasteiger charge is 2.17. The maximum Gasteiger partial charge on any atom is 0.242 e. The lowest BCUT2D eigenvalue weighted by molar-refractivity contribution is -0.126. The monoisotopic (exact) mass is 325 g/mol. The molecule has 0 aliphatic rings. The minimum absolute atomic E-state index is 0.0276. The molecular formula is C16H22FN2O4. The van der Waals surface area contributed by atoms with Gasteiger partial charge in [0.25, 0.3) is 0 Å². The minimum Gasteiger partial charge on any atom is -0.494 e. The number of rotatable bonds is 11. The number of hydrogen-bond acceptors (Lipinski definition) is 4. The lowest BCUT2D eigenvalue weighted by Gasteiger charge is -2.14. The van der Waals surface area contributed by atoms with Gasteiger partial charge in [-0.25, -0.2) is 0 Å². The lowest BCUT2D eigenvalue weighted by atomic mass is 10.1. The van der Waals surface area contributed by atoms with Gasteiger partial charge < -0.3 is 20.5 Å². The van der Waals surface area contributed by atoms with Gasteiger partial charge in [-0.3, -0.25) is 14.0 Å². The van der Waals surface area contributed by atoms with Crippen LogP contribution in [0.15, 0.2) is 24.3 Å². The van der Waals surface area contributed by atoms with Crippen molar-refractivity contribution in [2.24, 2.45) is 5.73 Å². The molecule has 0 aliphatic carbocycles. The normalized spacial score (nSPS) is 11.7. The van der Waals surface area contributed by atoms with E-state index in [0.29, 0.717) is 25.2 Å². The van der Waals surface area contributed by atoms with Crippen molar-refractivity contribution in [2.75, 3.05) is 27.0 Å². The quantitative estimate of drug-likeness (QED) is 0.589. The number of nitrogens with two attached hydrogens (primary N) is 1. The Morgan fingerprint density at radius 3 is 2.61 bits per heavy atom. The van der Waals surface area contributed by atoms with E-state index in [1.54, 1.807) is 12.1 Å². The SMILES string of the molecule is COC[C@H](NC(=O)[CH]Cc1ccc(OCCCF)cc1)C(N)=O. The van der Waals surface area contributed by atoms with Gasteiger partial charge in [0.1, 0.15) is 11.8 Å². The summed E-state index contributed by atoms with van der Waals surface area (Å²) in [5, 5.41) is 2.48. The number of carbonyl (C=O) groups excluding carboxylic acids is 2. The van der Waals surface area contributed by atoms with E-state index in [-0.39, 0.29) is 6.61 Å². The number of nitrogens with one attached hydrogen (secondary N) is 1. The Kier molecular flexibility index (Phi) is 8.67. The standard InChI is InChI=1S/C16H22FN2O4/c1-22-11-14(16(18)21)19-15(20)8-5-12-3-6-13(7-4-12)23-10-2-9-17/h3-4,6-8,14H,2,5,9-11H2,1H3,(H2,18,21)(H,19,20)/t14-/m0/s1. The van der Waals surface area contributed by atoms with E-state index >= 15 is 0 Å². The molecule has 1 radical (unpaired) electrons. The Bertz CT molecular complexity index is 493. The number of amides is 2. The van der Waals surface area contributed by atoms with Gasteiger partial charge in [0, 0.05) is 13.5 Å². The Morgan fingerprint density at radius 1 is 1.35 bits per heavy atom. The summed E-state index contributed by atoms with van der Waals surface area (Å²) < 4.78 is 22.1. The first-order chi connectivity index (χ1) is 11.1. The molecule has 0 spiro atoms. The van der Waals surface area contributed by atoms with Crippen LogP contribution >= 0.6 is 0 Å². The average Bonchev–Trinajstić information content (AvgIpc) is 2.54. The molecule has 0 aromatic heterocycles. The summed E-state index contributed by atoms with van der Waals surface area (Å²) in [7, 11) is 1.42. The van der Waals surface area contributed by atoms with E-state index in [1.807, 2.05) is 12.1 Å². The number of carbonyl (C=O) groups is 2. The second-order valence-electron chi connectivity index (χ2n) is 4.86. The average molecular weight is 325 g/mol. The highest BCUT2D eigenvalue weighted by atomic mass is 19.1. The third-order valence-corrected chi connectivity index (χ3v) is 2.99. The van der Waals surface area contributed by atoms with Gasteiger partial charge in [0.15, 0.2) is 0 Å². The van der Waals surface area contributed by atoms with Gasteiger partial charge in [-0.15, -0.1) is 0 Å². The number of ether oxygens (including phenoxy) is 2. The molecule has 1 aromatic carbocycles. The Balaban J connectivity index is 2.39. The van der Waals surface area contributed by atoms with Crippen molar-refractivity contribution >= 4 is 11.8 Å². The van der Waals surface area contributed by atoms with Crippen LogP contribution in [0.25, 0.3) is 0 Å². The molecule has 1 aromatic rings. The molecule has 2 amide bonds. The van der Waals surface area contributed by atoms with E-state index < -0.39 is 24.5 Å². The predicted octanol–water partition coefficient (Wildman–Crippen LogP) is 0.788. The molecule has 1 rings (SSSR count). The fraction of sp³-hybridized carbons (Fsp3) is 0.438. The van der Waals surface area contributed by atoms with Crippen LogP contribution in [-0.2, 0) is 20.7 Å². The van der Waals surface area contributed by atoms with E-state index in [2.05, 4.69) is 5.32 Å². The molecule has 3 N–H and O–H groups in total. The van der Waals surface area contributed by atoms with Crippen molar-refractivity contribution in [3.63, 3.8) is 0 Å². The molecule has 0 saturated heterocycles. The first-order valence-electron chi connectivity index (χ1n) is 7.26. The molecule has 0 saturated carbocycles. The molecular weight excluding hydrogens is 303 g/mol. The molecule has 0 aliphatic heterocycles. The Morgan fingerprint density at radius 2 is 2.04 bits per heavy atom. The maximum atomic E-state index is 12.0. The second-order valence-corrected chi connectivity index (χ2v) is 4.86. The molecule has 0 heterocycles. The second kappa shape index (κ2) is 10.6. The smallest absolute Gasteiger partial charge is 0.242 e. The molecule has 1 atom stereocenters. The third-order valence-electron chi connectivity index (χ3n) is 2.99. The van der Waals surface area contributed by atoms with Gasteiger partial charge in [0.2, 0.25) is 11.8 Å². The topological polar surface area (TPSA) is 90.7 Å². The molecule has 0 fully saturated rings. The first kappa shape index (κ1) is 18.9. The van der Waals surface area contributed by atoms with Crippen LogP contribution in [0.1, 0.15) is 12.0 Å². The van der Waals surface area contributed by atoms with Crippen LogP contribution < -0.4 is 15.8 Å². The number of benzene rings is 1. The summed E-state index contributed by atoms with van der Waals surface area (Å²) >= 11 is 0. The molecule has 127 valence electrons. The lowest BCUT2D eigenvalue weighted by Crippen LogP contribution is -2.47. The third kappa shape index (κ3) is 7.60. The minimum atomic E-state index is -0.852. The van der Waals surface area contributed by atoms with Crippen molar-refractivity contribution in [3.05, 3.63) is 36.2 Å². The van der Waals surface area contributed by atoms with Crippen molar-refractivity contribution in [1.29, 1.82) is 0 Å². The van der Waals surface area contributed by atoms with Crippen LogP contribution in [0.3, 0.4) is 0 Å². The molecule has 6 nitrogen and oxygen atoms in total. The highest BCUT2D eigenvalue weighted by Crippen LogP contribution is 2.13. The molecule has 23 heavy (non-hydrogen) atoms. The van der Waals surface area contributed by atoms with Crippen molar-refractivity contribution in [2.45, 2.75) is 18.9 Å². The number of halogens is 1. The molecule has 0 bridgehead atoms. The fourth-order valence-electron chi connectivity index (χ4n) is 1.77. The zero-order valence-electron chi connectivity index (χ0n) is 13.1. The van der Waals surface area contributed by atoms with E-state index in [4.69, 9.17) is 15.2 Å². The van der Waals surface area contributed by atoms with E-state index in [1.165, 1.54) is 13.5 Å². The summed E-state index contributed by atoms with van der Waals surface area (Å²) in [6, 6.07) is 6.30. The van der Waals surface area contributed by atoms with Crippen molar-refractivity contribution < 1.29 is 23.5 Å². The van der Waals surface area contributed by atoms with Gasteiger partial charge in [-0.2, -0.15) is 0 Å². The van der Waals surface area contributed by atoms with Gasteiger partial charge in [-0.05, 0) is 24.1 Å². The summed E-state index contributed by atoms with van der Waals surface area (Å²) in [5.74, 6) is -0.391. The van der Waals surface area contributed by atoms with Gasteiger partial charge >= 0.3 is 0 Å². The molecule has 7 heteroatoms. The predicted molar refractivity (Wildman–Crippen MR) is 83.5 cm³/mol. The summed E-state index contributed by atoms with van der Waals surface area (Å²) in [5.41, 5.74) is 6.06. The Labute approximate surface area is 135 Å². The number of alkyl halides is 1. The van der Waals surface area contributed by atoms with Crippen LogP contribution in [0.5, 0.6) is 5.75 Å². The number of methoxy groups -OCH3 is 1. The zero-order chi connectivity index (χ0) is 17.1. The largest absolute Gasteiger partial charge is 0.494 e. The highest BCUT2D eigenvalue weighted by molar-refractivity contribution is 5.90. The molecule has 0 unspecified atom stereocenters. The van der Waals surface area contributed by atoms with Crippen LogP contribution in [0.4, 0.5) is 4.39 Å². The summed E-state index contributed by atoms with van der Waals surface area (Å²) in [4.78, 5) is 22.9. The zero-order valence-corrected chi connectivity index (χ0v) is 13.1. The van der Waals surface area contributed by atoms with E-state index in [9.17, 15) is 14.0 Å². The van der Waals surface area contributed by atoms with E-state index in [0.717, 1.165) is 5.56 Å². The van der Waals surface area contributed by atoms with Crippen LogP contribution in [0, 0.1) is 6.42 Å². The van der Waals surface area contributed by atoms with Crippen LogP contribution in [-0.4, -0.2) is 44.9 Å². The number of hydrogen-bond donors (Lipinski definition) is 2. The van der Waals surface area contributed by atoms with Gasteiger partial charge in [-0.1, -0.05) is 12.1 Å². The van der Waals surface area contributed by atoms with Gasteiger partial charge in [0.05, 0.1) is 26.3 Å². The summed E-state index contributed by atoms with van der Waals surface area (Å²) in [6.45, 7) is -0.0459. The number of primary amides is 1. The van der Waals surface area contributed by atoms with Crippen molar-refractivity contribution in [3.8, 4) is 5.75 Å². The van der Waals surface area contributed by atoms with Crippen molar-refractivity contribution in [1.82, 2.24) is 5.32 Å².